The van der Waals surface area contributed by atoms with E-state index in [1.54, 1.807) is 0 Å². The molecule has 8 heteroatoms. The first-order valence-corrected chi connectivity index (χ1v) is 9.40. The maximum Gasteiger partial charge on any atom is 0.248 e. The zero-order valence-corrected chi connectivity index (χ0v) is 14.7. The summed E-state index contributed by atoms with van der Waals surface area (Å²) < 4.78 is 28.2. The summed E-state index contributed by atoms with van der Waals surface area (Å²) in [6.07, 6.45) is 2.03. The number of primary amides is 1. The number of benzene rings is 1. The monoisotopic (exact) mass is 389 g/mol. The van der Waals surface area contributed by atoms with Crippen LogP contribution < -0.4 is 15.8 Å². The van der Waals surface area contributed by atoms with E-state index in [-0.39, 0.29) is 22.4 Å². The topological polar surface area (TPSA) is 101 Å². The van der Waals surface area contributed by atoms with Gasteiger partial charge in [0.05, 0.1) is 4.90 Å². The summed E-state index contributed by atoms with van der Waals surface area (Å²) in [5.41, 5.74) is 5.38. The minimum atomic E-state index is -3.70. The summed E-state index contributed by atoms with van der Waals surface area (Å²) in [5, 5.41) is 3.27. The molecule has 1 fully saturated rings. The van der Waals surface area contributed by atoms with E-state index in [1.165, 1.54) is 18.2 Å². The Morgan fingerprint density at radius 2 is 2.18 bits per heavy atom. The average molecular weight is 390 g/mol. The van der Waals surface area contributed by atoms with Gasteiger partial charge in [-0.05, 0) is 57.0 Å². The first kappa shape index (κ1) is 17.4. The Morgan fingerprint density at radius 1 is 1.45 bits per heavy atom. The highest BCUT2D eigenvalue weighted by Crippen LogP contribution is 2.21. The molecule has 2 atom stereocenters. The van der Waals surface area contributed by atoms with Crippen LogP contribution in [0.1, 0.15) is 30.1 Å². The van der Waals surface area contributed by atoms with E-state index in [2.05, 4.69) is 26.0 Å². The fourth-order valence-electron chi connectivity index (χ4n) is 2.57. The molecule has 122 valence electrons. The van der Waals surface area contributed by atoms with Crippen molar-refractivity contribution in [1.29, 1.82) is 0 Å². The molecule has 0 aliphatic carbocycles. The normalized spacial score (nSPS) is 20.5. The zero-order valence-electron chi connectivity index (χ0n) is 12.3. The predicted molar refractivity (Wildman–Crippen MR) is 88.0 cm³/mol. The van der Waals surface area contributed by atoms with Gasteiger partial charge in [-0.25, -0.2) is 13.1 Å². The Labute approximate surface area is 139 Å². The molecule has 1 aliphatic rings. The first-order chi connectivity index (χ1) is 10.3. The van der Waals surface area contributed by atoms with E-state index in [4.69, 9.17) is 5.73 Å². The molecule has 22 heavy (non-hydrogen) atoms. The van der Waals surface area contributed by atoms with Crippen LogP contribution >= 0.6 is 15.9 Å². The van der Waals surface area contributed by atoms with Gasteiger partial charge in [0, 0.05) is 16.1 Å². The van der Waals surface area contributed by atoms with Gasteiger partial charge in [-0.1, -0.05) is 15.9 Å². The molecule has 0 radical (unpaired) electrons. The molecule has 0 saturated carbocycles. The molecular weight excluding hydrogens is 370 g/mol. The maximum atomic E-state index is 12.5. The molecule has 1 aromatic carbocycles. The molecule has 0 spiro atoms. The summed E-state index contributed by atoms with van der Waals surface area (Å²) in [6, 6.07) is 4.06. The predicted octanol–water partition coefficient (Wildman–Crippen LogP) is 1.21. The van der Waals surface area contributed by atoms with Crippen LogP contribution in [0.15, 0.2) is 27.6 Å². The molecule has 1 saturated heterocycles. The highest BCUT2D eigenvalue weighted by Gasteiger charge is 2.25. The second-order valence-corrected chi connectivity index (χ2v) is 8.19. The number of rotatable bonds is 5. The highest BCUT2D eigenvalue weighted by atomic mass is 79.9. The molecule has 4 N–H and O–H groups in total. The van der Waals surface area contributed by atoms with Crippen molar-refractivity contribution in [3.05, 3.63) is 28.2 Å². The number of hydrogen-bond donors (Lipinski definition) is 3. The van der Waals surface area contributed by atoms with Gasteiger partial charge < -0.3 is 11.1 Å². The Balaban J connectivity index is 2.20. The Hall–Kier alpha value is -0.960. The molecule has 1 amide bonds. The van der Waals surface area contributed by atoms with Gasteiger partial charge in [-0.3, -0.25) is 4.79 Å². The van der Waals surface area contributed by atoms with Gasteiger partial charge in [-0.2, -0.15) is 0 Å². The molecule has 1 heterocycles. The Morgan fingerprint density at radius 3 is 2.77 bits per heavy atom. The van der Waals surface area contributed by atoms with Gasteiger partial charge in [0.25, 0.3) is 0 Å². The quantitative estimate of drug-likeness (QED) is 0.704. The lowest BCUT2D eigenvalue weighted by atomic mass is 9.94. The van der Waals surface area contributed by atoms with E-state index < -0.39 is 15.9 Å². The van der Waals surface area contributed by atoms with Crippen molar-refractivity contribution in [2.24, 2.45) is 11.7 Å². The summed E-state index contributed by atoms with van der Waals surface area (Å²) in [5.74, 6) is -0.409. The summed E-state index contributed by atoms with van der Waals surface area (Å²) in [7, 11) is -3.70. The third-order valence-corrected chi connectivity index (χ3v) is 5.85. The fraction of sp³-hybridized carbons (Fsp3) is 0.500. The number of hydrogen-bond acceptors (Lipinski definition) is 4. The van der Waals surface area contributed by atoms with Crippen LogP contribution in [-0.2, 0) is 10.0 Å². The number of amides is 1. The van der Waals surface area contributed by atoms with Crippen molar-refractivity contribution in [1.82, 2.24) is 10.0 Å². The van der Waals surface area contributed by atoms with Crippen LogP contribution in [0.2, 0.25) is 0 Å². The zero-order chi connectivity index (χ0) is 16.3. The number of sulfonamides is 1. The molecule has 0 aromatic heterocycles. The molecule has 2 rings (SSSR count). The molecule has 0 bridgehead atoms. The molecule has 1 aromatic rings. The van der Waals surface area contributed by atoms with Crippen LogP contribution in [0, 0.1) is 5.92 Å². The van der Waals surface area contributed by atoms with Gasteiger partial charge in [0.15, 0.2) is 0 Å². The minimum Gasteiger partial charge on any atom is -0.366 e. The number of halogens is 1. The first-order valence-electron chi connectivity index (χ1n) is 7.13. The number of carbonyl (C=O) groups excluding carboxylic acids is 1. The van der Waals surface area contributed by atoms with Crippen LogP contribution in [0.4, 0.5) is 0 Å². The summed E-state index contributed by atoms with van der Waals surface area (Å²) in [4.78, 5) is 11.3. The average Bonchev–Trinajstić information content (AvgIpc) is 2.47. The van der Waals surface area contributed by atoms with E-state index in [0.29, 0.717) is 4.47 Å². The van der Waals surface area contributed by atoms with E-state index >= 15 is 0 Å². The van der Waals surface area contributed by atoms with Crippen LogP contribution in [0.3, 0.4) is 0 Å². The van der Waals surface area contributed by atoms with E-state index in [9.17, 15) is 13.2 Å². The van der Waals surface area contributed by atoms with Crippen LogP contribution in [0.25, 0.3) is 0 Å². The second kappa shape index (κ2) is 7.08. The third kappa shape index (κ3) is 4.28. The number of nitrogens with two attached hydrogens (primary N) is 1. The number of nitrogens with one attached hydrogen (secondary N) is 2. The summed E-state index contributed by atoms with van der Waals surface area (Å²) >= 11 is 3.21. The molecule has 2 unspecified atom stereocenters. The summed E-state index contributed by atoms with van der Waals surface area (Å²) in [6.45, 7) is 3.64. The third-order valence-electron chi connectivity index (χ3n) is 3.85. The van der Waals surface area contributed by atoms with E-state index in [0.717, 1.165) is 25.9 Å². The van der Waals surface area contributed by atoms with Crippen LogP contribution in [-0.4, -0.2) is 33.5 Å². The largest absolute Gasteiger partial charge is 0.366 e. The van der Waals surface area contributed by atoms with Crippen molar-refractivity contribution in [3.8, 4) is 0 Å². The van der Waals surface area contributed by atoms with Gasteiger partial charge in [0.1, 0.15) is 0 Å². The standard InChI is InChI=1S/C14H20BrN3O3S/c1-9(10-3-2-4-17-8-10)18-22(20,21)13-6-11(14(16)19)5-12(15)7-13/h5-7,9-10,17-18H,2-4,8H2,1H3,(H2,16,19). The molecule has 1 aliphatic heterocycles. The van der Waals surface area contributed by atoms with Crippen molar-refractivity contribution >= 4 is 31.9 Å². The molecule has 6 nitrogen and oxygen atoms in total. The highest BCUT2D eigenvalue weighted by molar-refractivity contribution is 9.10. The lowest BCUT2D eigenvalue weighted by Gasteiger charge is -2.28. The van der Waals surface area contributed by atoms with Gasteiger partial charge in [-0.15, -0.1) is 0 Å². The maximum absolute atomic E-state index is 12.5. The SMILES string of the molecule is CC(NS(=O)(=O)c1cc(Br)cc(C(N)=O)c1)C1CCCNC1. The Bertz CT molecular complexity index is 657. The minimum absolute atomic E-state index is 0.0336. The van der Waals surface area contributed by atoms with Crippen molar-refractivity contribution < 1.29 is 13.2 Å². The van der Waals surface area contributed by atoms with E-state index in [1.807, 2.05) is 6.92 Å². The fourth-order valence-corrected chi connectivity index (χ4v) is 4.60. The Kier molecular flexibility index (Phi) is 5.60. The van der Waals surface area contributed by atoms with Gasteiger partial charge in [0.2, 0.25) is 15.9 Å². The van der Waals surface area contributed by atoms with Crippen LogP contribution in [0.5, 0.6) is 0 Å². The second-order valence-electron chi connectivity index (χ2n) is 5.56. The van der Waals surface area contributed by atoms with Gasteiger partial charge >= 0.3 is 0 Å². The number of carbonyl (C=O) groups is 1. The lowest BCUT2D eigenvalue weighted by molar-refractivity contribution is 0.1000. The van der Waals surface area contributed by atoms with Crippen molar-refractivity contribution in [2.45, 2.75) is 30.7 Å². The lowest BCUT2D eigenvalue weighted by Crippen LogP contribution is -2.44. The van der Waals surface area contributed by atoms with Crippen molar-refractivity contribution in [2.75, 3.05) is 13.1 Å². The van der Waals surface area contributed by atoms with Crippen molar-refractivity contribution in [3.63, 3.8) is 0 Å². The molecular formula is C14H20BrN3O3S. The number of piperidine rings is 1. The smallest absolute Gasteiger partial charge is 0.248 e.